The maximum absolute atomic E-state index is 12.6. The van der Waals surface area contributed by atoms with Crippen molar-refractivity contribution < 1.29 is 14.3 Å². The van der Waals surface area contributed by atoms with Crippen molar-refractivity contribution in [2.75, 3.05) is 13.7 Å². The van der Waals surface area contributed by atoms with Crippen molar-refractivity contribution in [1.82, 2.24) is 4.90 Å². The van der Waals surface area contributed by atoms with Gasteiger partial charge in [0, 0.05) is 12.1 Å². The Hall–Kier alpha value is -2.99. The number of benzene rings is 1. The van der Waals surface area contributed by atoms with E-state index in [0.717, 1.165) is 19.3 Å². The summed E-state index contributed by atoms with van der Waals surface area (Å²) in [6, 6.07) is 9.13. The molecule has 6 heteroatoms. The van der Waals surface area contributed by atoms with Crippen LogP contribution in [0.25, 0.3) is 6.08 Å². The van der Waals surface area contributed by atoms with Crippen LogP contribution in [0.2, 0.25) is 0 Å². The predicted octanol–water partition coefficient (Wildman–Crippen LogP) is 3.29. The zero-order chi connectivity index (χ0) is 19.1. The highest BCUT2D eigenvalue weighted by Gasteiger charge is 2.29. The van der Waals surface area contributed by atoms with Gasteiger partial charge in [0.25, 0.3) is 5.91 Å². The van der Waals surface area contributed by atoms with E-state index in [0.29, 0.717) is 17.1 Å². The minimum absolute atomic E-state index is 0.00368. The molecule has 26 heavy (non-hydrogen) atoms. The Balaban J connectivity index is 2.10. The first-order chi connectivity index (χ1) is 12.5. The van der Waals surface area contributed by atoms with E-state index in [2.05, 4.69) is 13.8 Å². The van der Waals surface area contributed by atoms with E-state index >= 15 is 0 Å². The van der Waals surface area contributed by atoms with Crippen molar-refractivity contribution in [1.29, 1.82) is 10.5 Å². The van der Waals surface area contributed by atoms with Crippen LogP contribution < -0.4 is 9.47 Å². The number of amides is 1. The molecule has 1 amide bonds. The van der Waals surface area contributed by atoms with Gasteiger partial charge in [-0.1, -0.05) is 6.07 Å². The fraction of sp³-hybridized carbons (Fsp3) is 0.450. The lowest BCUT2D eigenvalue weighted by molar-refractivity contribution is -0.139. The molecule has 0 unspecified atom stereocenters. The van der Waals surface area contributed by atoms with Gasteiger partial charge in [0.2, 0.25) is 0 Å². The monoisotopic (exact) mass is 353 g/mol. The molecule has 136 valence electrons. The highest BCUT2D eigenvalue weighted by molar-refractivity contribution is 5.78. The summed E-state index contributed by atoms with van der Waals surface area (Å²) in [6.45, 7) is 4.08. The predicted molar refractivity (Wildman–Crippen MR) is 97.3 cm³/mol. The highest BCUT2D eigenvalue weighted by atomic mass is 16.5. The van der Waals surface area contributed by atoms with Crippen LogP contribution >= 0.6 is 0 Å². The standard InChI is InChI=1S/C20H23N3O3/c1-14-5-4-6-15(2)23(14)20(24)13-26-18-8-7-16(10-19(18)25-3)9-17(11-21)12-22/h7-10,14-15H,4-6,13H2,1-3H3/t14-,15+. The van der Waals surface area contributed by atoms with Crippen molar-refractivity contribution in [2.24, 2.45) is 0 Å². The third kappa shape index (κ3) is 4.55. The molecular formula is C20H23N3O3. The SMILES string of the molecule is COc1cc(C=C(C#N)C#N)ccc1OCC(=O)N1[C@H](C)CCC[C@@H]1C. The molecule has 2 rings (SSSR count). The molecule has 1 aliphatic heterocycles. The molecule has 0 aromatic heterocycles. The lowest BCUT2D eigenvalue weighted by atomic mass is 9.97. The van der Waals surface area contributed by atoms with Gasteiger partial charge in [0.15, 0.2) is 18.1 Å². The largest absolute Gasteiger partial charge is 0.493 e. The Bertz CT molecular complexity index is 747. The number of carbonyl (C=O) groups is 1. The van der Waals surface area contributed by atoms with Gasteiger partial charge in [-0.3, -0.25) is 4.79 Å². The highest BCUT2D eigenvalue weighted by Crippen LogP contribution is 2.29. The Morgan fingerprint density at radius 1 is 1.23 bits per heavy atom. The average Bonchev–Trinajstić information content (AvgIpc) is 2.64. The number of allylic oxidation sites excluding steroid dienone is 1. The van der Waals surface area contributed by atoms with Gasteiger partial charge in [-0.05, 0) is 56.9 Å². The number of methoxy groups -OCH3 is 1. The molecule has 1 heterocycles. The van der Waals surface area contributed by atoms with E-state index in [1.807, 2.05) is 17.0 Å². The second-order valence-electron chi connectivity index (χ2n) is 6.41. The number of nitriles is 2. The summed E-state index contributed by atoms with van der Waals surface area (Å²) in [5, 5.41) is 17.7. The third-order valence-electron chi connectivity index (χ3n) is 4.57. The van der Waals surface area contributed by atoms with Gasteiger partial charge in [-0.15, -0.1) is 0 Å². The topological polar surface area (TPSA) is 86.3 Å². The molecule has 1 fully saturated rings. The zero-order valence-electron chi connectivity index (χ0n) is 15.4. The van der Waals surface area contributed by atoms with Gasteiger partial charge >= 0.3 is 0 Å². The Morgan fingerprint density at radius 3 is 2.46 bits per heavy atom. The summed E-state index contributed by atoms with van der Waals surface area (Å²) in [5.41, 5.74) is 0.654. The normalized spacial score (nSPS) is 19.0. The van der Waals surface area contributed by atoms with E-state index in [-0.39, 0.29) is 30.2 Å². The fourth-order valence-corrected chi connectivity index (χ4v) is 3.28. The quantitative estimate of drug-likeness (QED) is 0.758. The van der Waals surface area contributed by atoms with Crippen LogP contribution in [0.15, 0.2) is 23.8 Å². The lowest BCUT2D eigenvalue weighted by Crippen LogP contribution is -2.49. The summed E-state index contributed by atoms with van der Waals surface area (Å²) in [4.78, 5) is 14.5. The number of likely N-dealkylation sites (tertiary alicyclic amines) is 1. The van der Waals surface area contributed by atoms with Crippen molar-refractivity contribution in [3.8, 4) is 23.6 Å². The van der Waals surface area contributed by atoms with Crippen LogP contribution in [-0.4, -0.2) is 36.6 Å². The number of nitrogens with zero attached hydrogens (tertiary/aromatic N) is 3. The maximum Gasteiger partial charge on any atom is 0.260 e. The smallest absolute Gasteiger partial charge is 0.260 e. The van der Waals surface area contributed by atoms with E-state index in [4.69, 9.17) is 20.0 Å². The van der Waals surface area contributed by atoms with E-state index in [1.54, 1.807) is 18.2 Å². The minimum Gasteiger partial charge on any atom is -0.493 e. The van der Waals surface area contributed by atoms with Crippen LogP contribution in [-0.2, 0) is 4.79 Å². The number of ether oxygens (including phenoxy) is 2. The van der Waals surface area contributed by atoms with Crippen LogP contribution in [0.5, 0.6) is 11.5 Å². The van der Waals surface area contributed by atoms with Crippen LogP contribution in [0.4, 0.5) is 0 Å². The molecule has 0 radical (unpaired) electrons. The van der Waals surface area contributed by atoms with Gasteiger partial charge in [0.1, 0.15) is 17.7 Å². The number of piperidine rings is 1. The van der Waals surface area contributed by atoms with E-state index < -0.39 is 0 Å². The molecule has 0 N–H and O–H groups in total. The molecule has 0 aliphatic carbocycles. The Kier molecular flexibility index (Phi) is 6.63. The van der Waals surface area contributed by atoms with Crippen molar-refractivity contribution in [3.63, 3.8) is 0 Å². The van der Waals surface area contributed by atoms with Crippen LogP contribution in [0.3, 0.4) is 0 Å². The number of hydrogen-bond donors (Lipinski definition) is 0. The van der Waals surface area contributed by atoms with E-state index in [1.165, 1.54) is 13.2 Å². The van der Waals surface area contributed by atoms with Crippen molar-refractivity contribution in [3.05, 3.63) is 29.3 Å². The van der Waals surface area contributed by atoms with Gasteiger partial charge in [0.05, 0.1) is 7.11 Å². The molecule has 1 aromatic rings. The van der Waals surface area contributed by atoms with Gasteiger partial charge in [-0.2, -0.15) is 10.5 Å². The summed E-state index contributed by atoms with van der Waals surface area (Å²) in [5.74, 6) is 0.860. The molecule has 1 saturated heterocycles. The Labute approximate surface area is 154 Å². The van der Waals surface area contributed by atoms with E-state index in [9.17, 15) is 4.79 Å². The van der Waals surface area contributed by atoms with Crippen LogP contribution in [0, 0.1) is 22.7 Å². The first-order valence-electron chi connectivity index (χ1n) is 8.64. The molecule has 2 atom stereocenters. The zero-order valence-corrected chi connectivity index (χ0v) is 15.4. The number of hydrogen-bond acceptors (Lipinski definition) is 5. The summed E-state index contributed by atoms with van der Waals surface area (Å²) < 4.78 is 11.0. The molecule has 6 nitrogen and oxygen atoms in total. The maximum atomic E-state index is 12.6. The first-order valence-corrected chi connectivity index (χ1v) is 8.64. The molecule has 1 aromatic carbocycles. The summed E-state index contributed by atoms with van der Waals surface area (Å²) >= 11 is 0. The summed E-state index contributed by atoms with van der Waals surface area (Å²) in [6.07, 6.45) is 4.64. The minimum atomic E-state index is -0.0537. The average molecular weight is 353 g/mol. The molecule has 0 bridgehead atoms. The second kappa shape index (κ2) is 8.92. The van der Waals surface area contributed by atoms with Gasteiger partial charge < -0.3 is 14.4 Å². The molecule has 1 aliphatic rings. The molecule has 0 saturated carbocycles. The van der Waals surface area contributed by atoms with Crippen molar-refractivity contribution in [2.45, 2.75) is 45.2 Å². The number of carbonyl (C=O) groups excluding carboxylic acids is 1. The number of rotatable bonds is 5. The van der Waals surface area contributed by atoms with Gasteiger partial charge in [-0.25, -0.2) is 0 Å². The lowest BCUT2D eigenvalue weighted by Gasteiger charge is -2.39. The Morgan fingerprint density at radius 2 is 1.88 bits per heavy atom. The second-order valence-corrected chi connectivity index (χ2v) is 6.41. The fourth-order valence-electron chi connectivity index (χ4n) is 3.28. The van der Waals surface area contributed by atoms with Crippen molar-refractivity contribution >= 4 is 12.0 Å². The van der Waals surface area contributed by atoms with Crippen LogP contribution in [0.1, 0.15) is 38.7 Å². The third-order valence-corrected chi connectivity index (χ3v) is 4.57. The summed E-state index contributed by atoms with van der Waals surface area (Å²) in [7, 11) is 1.50. The molecular weight excluding hydrogens is 330 g/mol. The molecule has 0 spiro atoms. The first kappa shape index (κ1) is 19.3.